The monoisotopic (exact) mass is 168 g/mol. The Bertz CT molecular complexity index is 169. The average Bonchev–Trinajstić information content (AvgIpc) is 2.03. The van der Waals surface area contributed by atoms with E-state index in [0.717, 1.165) is 12.1 Å². The van der Waals surface area contributed by atoms with Gasteiger partial charge >= 0.3 is 0 Å². The van der Waals surface area contributed by atoms with Gasteiger partial charge in [-0.15, -0.1) is 0 Å². The molecule has 0 aliphatic carbocycles. The summed E-state index contributed by atoms with van der Waals surface area (Å²) in [6, 6.07) is 0.154. The fourth-order valence-electron chi connectivity index (χ4n) is 0.638. The first kappa shape index (κ1) is 11.2. The van der Waals surface area contributed by atoms with E-state index in [0.29, 0.717) is 5.92 Å². The second-order valence-corrected chi connectivity index (χ2v) is 3.28. The Morgan fingerprint density at radius 3 is 2.42 bits per heavy atom. The van der Waals surface area contributed by atoms with Crippen molar-refractivity contribution >= 4 is 0 Å². The molecule has 0 rings (SSSR count). The molecular weight excluding hydrogens is 148 g/mol. The van der Waals surface area contributed by atoms with Gasteiger partial charge in [0.25, 0.3) is 0 Å². The average molecular weight is 168 g/mol. The molecule has 2 heteroatoms. The molecule has 2 nitrogen and oxygen atoms in total. The van der Waals surface area contributed by atoms with Crippen LogP contribution < -0.4 is 11.5 Å². The summed E-state index contributed by atoms with van der Waals surface area (Å²) in [6.45, 7) is 6.20. The number of nitrogens with two attached hydrogens (primary N) is 2. The molecule has 0 fully saturated rings. The third-order valence-electron chi connectivity index (χ3n) is 1.79. The zero-order chi connectivity index (χ0) is 9.56. The normalized spacial score (nSPS) is 15.9. The molecule has 0 saturated heterocycles. The summed E-state index contributed by atoms with van der Waals surface area (Å²) in [6.07, 6.45) is 6.78. The first-order valence-corrected chi connectivity index (χ1v) is 4.47. The van der Waals surface area contributed by atoms with Gasteiger partial charge in [0.15, 0.2) is 0 Å². The van der Waals surface area contributed by atoms with Gasteiger partial charge in [0.2, 0.25) is 0 Å². The zero-order valence-corrected chi connectivity index (χ0v) is 8.25. The fourth-order valence-corrected chi connectivity index (χ4v) is 0.638. The third-order valence-corrected chi connectivity index (χ3v) is 1.79. The lowest BCUT2D eigenvalue weighted by molar-refractivity contribution is 0.756. The minimum atomic E-state index is 0.154. The van der Waals surface area contributed by atoms with Crippen molar-refractivity contribution in [3.05, 3.63) is 23.9 Å². The molecule has 0 bridgehead atoms. The summed E-state index contributed by atoms with van der Waals surface area (Å²) in [5.41, 5.74) is 12.3. The van der Waals surface area contributed by atoms with Crippen molar-refractivity contribution in [2.75, 3.05) is 0 Å². The van der Waals surface area contributed by atoms with Crippen LogP contribution in [0.15, 0.2) is 23.9 Å². The lowest BCUT2D eigenvalue weighted by Crippen LogP contribution is -2.14. The second kappa shape index (κ2) is 5.84. The Morgan fingerprint density at radius 2 is 2.00 bits per heavy atom. The smallest absolute Gasteiger partial charge is 0.0224 e. The van der Waals surface area contributed by atoms with E-state index in [1.807, 2.05) is 18.2 Å². The lowest BCUT2D eigenvalue weighted by Gasteiger charge is -2.03. The standard InChI is InChI=1S/C10H20N2/c1-4-9(11)6-5-7-10(12)8(2)3/h5-9H,4,11-12H2,1-3H3/b6-5-,10-7-. The van der Waals surface area contributed by atoms with Crippen LogP contribution in [0.3, 0.4) is 0 Å². The second-order valence-electron chi connectivity index (χ2n) is 3.28. The van der Waals surface area contributed by atoms with Gasteiger partial charge in [-0.3, -0.25) is 0 Å². The van der Waals surface area contributed by atoms with Gasteiger partial charge in [-0.05, 0) is 18.4 Å². The number of hydrogen-bond donors (Lipinski definition) is 2. The Hall–Kier alpha value is -0.760. The van der Waals surface area contributed by atoms with Crippen LogP contribution in [0.5, 0.6) is 0 Å². The van der Waals surface area contributed by atoms with Crippen LogP contribution in [-0.4, -0.2) is 6.04 Å². The van der Waals surface area contributed by atoms with Gasteiger partial charge in [-0.25, -0.2) is 0 Å². The highest BCUT2D eigenvalue weighted by molar-refractivity contribution is 5.12. The molecule has 0 aliphatic heterocycles. The maximum Gasteiger partial charge on any atom is 0.0224 e. The molecule has 0 aromatic rings. The SMILES string of the molecule is CCC(N)/C=C\C=C(/N)C(C)C. The summed E-state index contributed by atoms with van der Waals surface area (Å²) in [5, 5.41) is 0. The van der Waals surface area contributed by atoms with E-state index >= 15 is 0 Å². The fraction of sp³-hybridized carbons (Fsp3) is 0.600. The first-order chi connectivity index (χ1) is 5.57. The third kappa shape index (κ3) is 4.97. The van der Waals surface area contributed by atoms with Crippen molar-refractivity contribution in [1.29, 1.82) is 0 Å². The maximum absolute atomic E-state index is 5.71. The highest BCUT2D eigenvalue weighted by Gasteiger charge is 1.94. The molecule has 0 radical (unpaired) electrons. The summed E-state index contributed by atoms with van der Waals surface area (Å²) >= 11 is 0. The first-order valence-electron chi connectivity index (χ1n) is 4.47. The highest BCUT2D eigenvalue weighted by Crippen LogP contribution is 2.01. The van der Waals surface area contributed by atoms with E-state index in [1.54, 1.807) is 0 Å². The molecule has 4 N–H and O–H groups in total. The minimum Gasteiger partial charge on any atom is -0.402 e. The molecule has 1 atom stereocenters. The molecule has 1 unspecified atom stereocenters. The van der Waals surface area contributed by atoms with E-state index in [2.05, 4.69) is 20.8 Å². The molecule has 0 spiro atoms. The van der Waals surface area contributed by atoms with Crippen LogP contribution in [0.25, 0.3) is 0 Å². The van der Waals surface area contributed by atoms with Crippen molar-refractivity contribution in [1.82, 2.24) is 0 Å². The van der Waals surface area contributed by atoms with Gasteiger partial charge in [0.1, 0.15) is 0 Å². The predicted molar refractivity (Wildman–Crippen MR) is 54.5 cm³/mol. The van der Waals surface area contributed by atoms with Crippen LogP contribution in [0.4, 0.5) is 0 Å². The molecular formula is C10H20N2. The van der Waals surface area contributed by atoms with Gasteiger partial charge < -0.3 is 11.5 Å². The van der Waals surface area contributed by atoms with Gasteiger partial charge in [-0.1, -0.05) is 32.9 Å². The number of hydrogen-bond acceptors (Lipinski definition) is 2. The molecule has 0 heterocycles. The zero-order valence-electron chi connectivity index (χ0n) is 8.25. The molecule has 0 aliphatic rings. The van der Waals surface area contributed by atoms with Crippen LogP contribution in [-0.2, 0) is 0 Å². The van der Waals surface area contributed by atoms with Gasteiger partial charge in [0, 0.05) is 11.7 Å². The molecule has 70 valence electrons. The Morgan fingerprint density at radius 1 is 1.42 bits per heavy atom. The quantitative estimate of drug-likeness (QED) is 0.629. The molecule has 0 aromatic heterocycles. The summed E-state index contributed by atoms with van der Waals surface area (Å²) in [7, 11) is 0. The van der Waals surface area contributed by atoms with E-state index < -0.39 is 0 Å². The van der Waals surface area contributed by atoms with E-state index in [4.69, 9.17) is 11.5 Å². The molecule has 0 amide bonds. The summed E-state index contributed by atoms with van der Waals surface area (Å²) in [5.74, 6) is 0.410. The summed E-state index contributed by atoms with van der Waals surface area (Å²) in [4.78, 5) is 0. The Balaban J connectivity index is 3.94. The van der Waals surface area contributed by atoms with Crippen LogP contribution >= 0.6 is 0 Å². The Labute approximate surface area is 75.3 Å². The van der Waals surface area contributed by atoms with Gasteiger partial charge in [0.05, 0.1) is 0 Å². The van der Waals surface area contributed by atoms with Gasteiger partial charge in [-0.2, -0.15) is 0 Å². The van der Waals surface area contributed by atoms with E-state index in [9.17, 15) is 0 Å². The Kier molecular flexibility index (Phi) is 5.47. The van der Waals surface area contributed by atoms with Crippen molar-refractivity contribution in [3.63, 3.8) is 0 Å². The lowest BCUT2D eigenvalue weighted by atomic mass is 10.1. The van der Waals surface area contributed by atoms with Crippen LogP contribution in [0.1, 0.15) is 27.2 Å². The molecule has 12 heavy (non-hydrogen) atoms. The maximum atomic E-state index is 5.71. The molecule has 0 aromatic carbocycles. The van der Waals surface area contributed by atoms with Crippen LogP contribution in [0.2, 0.25) is 0 Å². The summed E-state index contributed by atoms with van der Waals surface area (Å²) < 4.78 is 0. The number of rotatable bonds is 4. The van der Waals surface area contributed by atoms with Crippen molar-refractivity contribution in [2.24, 2.45) is 17.4 Å². The molecule has 0 saturated carbocycles. The van der Waals surface area contributed by atoms with E-state index in [-0.39, 0.29) is 6.04 Å². The van der Waals surface area contributed by atoms with Crippen molar-refractivity contribution < 1.29 is 0 Å². The predicted octanol–water partition coefficient (Wildman–Crippen LogP) is 1.78. The van der Waals surface area contributed by atoms with Crippen LogP contribution in [0, 0.1) is 5.92 Å². The highest BCUT2D eigenvalue weighted by atomic mass is 14.6. The van der Waals surface area contributed by atoms with Crippen molar-refractivity contribution in [3.8, 4) is 0 Å². The largest absolute Gasteiger partial charge is 0.402 e. The number of allylic oxidation sites excluding steroid dienone is 3. The van der Waals surface area contributed by atoms with Crippen molar-refractivity contribution in [2.45, 2.75) is 33.2 Å². The minimum absolute atomic E-state index is 0.154. The van der Waals surface area contributed by atoms with E-state index in [1.165, 1.54) is 0 Å². The topological polar surface area (TPSA) is 52.0 Å².